The van der Waals surface area contributed by atoms with Gasteiger partial charge in [0.05, 0.1) is 12.5 Å². The van der Waals surface area contributed by atoms with Gasteiger partial charge in [-0.15, -0.1) is 0 Å². The Morgan fingerprint density at radius 2 is 2.22 bits per heavy atom. The molecule has 18 heavy (non-hydrogen) atoms. The zero-order valence-electron chi connectivity index (χ0n) is 9.31. The lowest BCUT2D eigenvalue weighted by Crippen LogP contribution is -2.28. The Morgan fingerprint density at radius 3 is 2.89 bits per heavy atom. The number of benzene rings is 1. The van der Waals surface area contributed by atoms with Crippen molar-refractivity contribution in [2.45, 2.75) is 6.54 Å². The van der Waals surface area contributed by atoms with E-state index in [-0.39, 0.29) is 12.1 Å². The van der Waals surface area contributed by atoms with Crippen LogP contribution in [-0.4, -0.2) is 22.9 Å². The first-order valence-corrected chi connectivity index (χ1v) is 6.83. The molecule has 1 heterocycles. The van der Waals surface area contributed by atoms with E-state index in [2.05, 4.69) is 25.8 Å². The van der Waals surface area contributed by atoms with Crippen LogP contribution < -0.4 is 5.56 Å². The third-order valence-electron chi connectivity index (χ3n) is 2.38. The fraction of sp³-hybridized carbons (Fsp3) is 0.182. The first-order valence-electron chi connectivity index (χ1n) is 4.95. The van der Waals surface area contributed by atoms with Crippen LogP contribution in [0.4, 0.5) is 0 Å². The third-order valence-corrected chi connectivity index (χ3v) is 3.67. The van der Waals surface area contributed by atoms with Crippen molar-refractivity contribution in [3.8, 4) is 0 Å². The van der Waals surface area contributed by atoms with Crippen molar-refractivity contribution >= 4 is 55.3 Å². The number of carbonyl (C=O) groups excluding carboxylic acids is 1. The normalized spacial score (nSPS) is 10.6. The molecule has 0 fully saturated rings. The summed E-state index contributed by atoms with van der Waals surface area (Å²) in [6, 6.07) is 5.32. The van der Waals surface area contributed by atoms with E-state index in [0.717, 1.165) is 14.5 Å². The molecule has 0 aliphatic rings. The first kappa shape index (κ1) is 13.5. The Kier molecular flexibility index (Phi) is 4.00. The number of hydrogen-bond donors (Lipinski definition) is 0. The predicted molar refractivity (Wildman–Crippen MR) is 78.4 cm³/mol. The highest BCUT2D eigenvalue weighted by molar-refractivity contribution is 14.1. The molecule has 0 bridgehead atoms. The molecule has 0 unspecified atom stereocenters. The molecular formula is C11H8BrIN2O3. The van der Waals surface area contributed by atoms with E-state index in [1.54, 1.807) is 12.1 Å². The molecule has 7 heteroatoms. The fourth-order valence-corrected chi connectivity index (χ4v) is 2.58. The van der Waals surface area contributed by atoms with E-state index >= 15 is 0 Å². The lowest BCUT2D eigenvalue weighted by molar-refractivity contribution is -0.141. The number of fused-ring (bicyclic) bond motifs is 1. The third kappa shape index (κ3) is 2.56. The summed E-state index contributed by atoms with van der Waals surface area (Å²) in [5.41, 5.74) is -0.302. The summed E-state index contributed by atoms with van der Waals surface area (Å²) in [4.78, 5) is 23.3. The monoisotopic (exact) mass is 422 g/mol. The van der Waals surface area contributed by atoms with E-state index in [1.807, 2.05) is 28.7 Å². The van der Waals surface area contributed by atoms with Crippen molar-refractivity contribution in [1.82, 2.24) is 9.78 Å². The predicted octanol–water partition coefficient (Wildman–Crippen LogP) is 1.94. The number of rotatable bonds is 2. The SMILES string of the molecule is COC(=O)Cn1nc(I)c2cc(Br)ccc2c1=O. The van der Waals surface area contributed by atoms with Gasteiger partial charge >= 0.3 is 5.97 Å². The number of carbonyl (C=O) groups is 1. The van der Waals surface area contributed by atoms with Gasteiger partial charge in [0.25, 0.3) is 5.56 Å². The van der Waals surface area contributed by atoms with Gasteiger partial charge in [0.2, 0.25) is 0 Å². The first-order chi connectivity index (χ1) is 8.52. The van der Waals surface area contributed by atoms with Crippen LogP contribution in [0, 0.1) is 3.70 Å². The average Bonchev–Trinajstić information content (AvgIpc) is 2.35. The molecule has 0 saturated carbocycles. The van der Waals surface area contributed by atoms with E-state index in [0.29, 0.717) is 9.09 Å². The largest absolute Gasteiger partial charge is 0.468 e. The van der Waals surface area contributed by atoms with Gasteiger partial charge in [-0.2, -0.15) is 5.10 Å². The van der Waals surface area contributed by atoms with Crippen molar-refractivity contribution in [2.75, 3.05) is 7.11 Å². The molecule has 0 aliphatic carbocycles. The van der Waals surface area contributed by atoms with Crippen LogP contribution in [0.25, 0.3) is 10.8 Å². The van der Waals surface area contributed by atoms with E-state index in [4.69, 9.17) is 0 Å². The van der Waals surface area contributed by atoms with Crippen LogP contribution in [0.1, 0.15) is 0 Å². The molecular weight excluding hydrogens is 415 g/mol. The van der Waals surface area contributed by atoms with Gasteiger partial charge in [0, 0.05) is 9.86 Å². The van der Waals surface area contributed by atoms with Gasteiger partial charge in [-0.3, -0.25) is 9.59 Å². The lowest BCUT2D eigenvalue weighted by atomic mass is 10.2. The molecule has 1 aromatic heterocycles. The minimum absolute atomic E-state index is 0.183. The highest BCUT2D eigenvalue weighted by Crippen LogP contribution is 2.20. The maximum Gasteiger partial charge on any atom is 0.327 e. The van der Waals surface area contributed by atoms with Gasteiger partial charge in [0.1, 0.15) is 10.2 Å². The number of hydrogen-bond acceptors (Lipinski definition) is 4. The Balaban J connectivity index is 2.65. The van der Waals surface area contributed by atoms with Crippen LogP contribution >= 0.6 is 38.5 Å². The number of halogens is 2. The Hall–Kier alpha value is -0.960. The van der Waals surface area contributed by atoms with Crippen LogP contribution in [0.3, 0.4) is 0 Å². The summed E-state index contributed by atoms with van der Waals surface area (Å²) in [6.07, 6.45) is 0. The van der Waals surface area contributed by atoms with E-state index < -0.39 is 5.97 Å². The highest BCUT2D eigenvalue weighted by atomic mass is 127. The molecule has 94 valence electrons. The summed E-state index contributed by atoms with van der Waals surface area (Å²) < 4.78 is 7.18. The Bertz CT molecular complexity index is 684. The van der Waals surface area contributed by atoms with Crippen LogP contribution in [0.5, 0.6) is 0 Å². The summed E-state index contributed by atoms with van der Waals surface area (Å²) in [6.45, 7) is -0.183. The smallest absolute Gasteiger partial charge is 0.327 e. The average molecular weight is 423 g/mol. The molecule has 0 amide bonds. The van der Waals surface area contributed by atoms with Crippen molar-refractivity contribution < 1.29 is 9.53 Å². The number of nitrogens with zero attached hydrogens (tertiary/aromatic N) is 2. The minimum atomic E-state index is -0.503. The number of methoxy groups -OCH3 is 1. The van der Waals surface area contributed by atoms with Gasteiger partial charge in [0.15, 0.2) is 0 Å². The number of aromatic nitrogens is 2. The molecule has 5 nitrogen and oxygen atoms in total. The summed E-state index contributed by atoms with van der Waals surface area (Å²) in [5.74, 6) is -0.503. The zero-order valence-corrected chi connectivity index (χ0v) is 13.1. The topological polar surface area (TPSA) is 61.2 Å². The molecule has 1 aromatic carbocycles. The zero-order chi connectivity index (χ0) is 13.3. The summed E-state index contributed by atoms with van der Waals surface area (Å²) in [5, 5.41) is 5.39. The molecule has 0 N–H and O–H groups in total. The Labute approximate surface area is 124 Å². The summed E-state index contributed by atoms with van der Waals surface area (Å²) >= 11 is 5.38. The van der Waals surface area contributed by atoms with Crippen molar-refractivity contribution in [3.63, 3.8) is 0 Å². The van der Waals surface area contributed by atoms with Gasteiger partial charge in [-0.25, -0.2) is 4.68 Å². The molecule has 2 aromatic rings. The molecule has 0 atom stereocenters. The highest BCUT2D eigenvalue weighted by Gasteiger charge is 2.11. The van der Waals surface area contributed by atoms with Crippen LogP contribution in [-0.2, 0) is 16.1 Å². The molecule has 0 radical (unpaired) electrons. The number of ether oxygens (including phenoxy) is 1. The second kappa shape index (κ2) is 5.35. The second-order valence-corrected chi connectivity index (χ2v) is 5.46. The molecule has 0 aliphatic heterocycles. The van der Waals surface area contributed by atoms with Crippen molar-refractivity contribution in [1.29, 1.82) is 0 Å². The maximum absolute atomic E-state index is 12.1. The van der Waals surface area contributed by atoms with E-state index in [1.165, 1.54) is 7.11 Å². The quantitative estimate of drug-likeness (QED) is 0.548. The fourth-order valence-electron chi connectivity index (χ4n) is 1.51. The number of esters is 1. The molecule has 0 spiro atoms. The Morgan fingerprint density at radius 1 is 1.50 bits per heavy atom. The van der Waals surface area contributed by atoms with Crippen LogP contribution in [0.2, 0.25) is 0 Å². The minimum Gasteiger partial charge on any atom is -0.468 e. The maximum atomic E-state index is 12.1. The van der Waals surface area contributed by atoms with Crippen molar-refractivity contribution in [2.24, 2.45) is 0 Å². The van der Waals surface area contributed by atoms with Crippen LogP contribution in [0.15, 0.2) is 27.5 Å². The van der Waals surface area contributed by atoms with Crippen molar-refractivity contribution in [3.05, 3.63) is 36.7 Å². The van der Waals surface area contributed by atoms with E-state index in [9.17, 15) is 9.59 Å². The van der Waals surface area contributed by atoms with Gasteiger partial charge in [-0.05, 0) is 40.8 Å². The van der Waals surface area contributed by atoms with Gasteiger partial charge < -0.3 is 4.74 Å². The molecule has 2 rings (SSSR count). The second-order valence-electron chi connectivity index (χ2n) is 3.52. The molecule has 0 saturated heterocycles. The lowest BCUT2D eigenvalue weighted by Gasteiger charge is -2.07. The van der Waals surface area contributed by atoms with Gasteiger partial charge in [-0.1, -0.05) is 15.9 Å². The standard InChI is InChI=1S/C11H8BrIN2O3/c1-18-9(16)5-15-11(17)7-3-2-6(12)4-8(7)10(13)14-15/h2-4H,5H2,1H3. The summed E-state index contributed by atoms with van der Waals surface area (Å²) in [7, 11) is 1.27.